The molecule has 7 heteroatoms. The minimum Gasteiger partial charge on any atom is -0.489 e. The van der Waals surface area contributed by atoms with Gasteiger partial charge in [-0.1, -0.05) is 48.0 Å². The van der Waals surface area contributed by atoms with Crippen LogP contribution in [0.15, 0.2) is 78.9 Å². The van der Waals surface area contributed by atoms with Gasteiger partial charge in [-0.15, -0.1) is 0 Å². The summed E-state index contributed by atoms with van der Waals surface area (Å²) in [5.74, 6) is 0.489. The summed E-state index contributed by atoms with van der Waals surface area (Å²) in [6.45, 7) is 2.44. The van der Waals surface area contributed by atoms with E-state index in [-0.39, 0.29) is 18.3 Å². The number of carbonyl (C=O) groups excluding carboxylic acids is 1. The van der Waals surface area contributed by atoms with E-state index in [0.29, 0.717) is 34.3 Å². The van der Waals surface area contributed by atoms with Crippen molar-refractivity contribution in [1.82, 2.24) is 9.78 Å². The number of ether oxygens (including phenoxy) is 1. The molecule has 4 aromatic rings. The van der Waals surface area contributed by atoms with Gasteiger partial charge in [0.2, 0.25) is 0 Å². The predicted molar refractivity (Wildman–Crippen MR) is 123 cm³/mol. The number of aromatic nitrogens is 2. The number of anilines is 1. The van der Waals surface area contributed by atoms with E-state index in [1.807, 2.05) is 25.1 Å². The molecular formula is C25H21ClFN3O2. The molecule has 0 unspecified atom stereocenters. The molecule has 162 valence electrons. The molecule has 0 saturated carbocycles. The molecule has 1 amide bonds. The third-order valence-corrected chi connectivity index (χ3v) is 5.13. The highest BCUT2D eigenvalue weighted by Gasteiger charge is 2.12. The minimum atomic E-state index is -0.287. The number of hydrogen-bond donors (Lipinski definition) is 1. The van der Waals surface area contributed by atoms with E-state index in [1.165, 1.54) is 6.07 Å². The number of nitrogens with one attached hydrogen (secondary N) is 1. The third-order valence-electron chi connectivity index (χ3n) is 4.89. The molecular weight excluding hydrogens is 429 g/mol. The molecule has 1 aromatic heterocycles. The fourth-order valence-corrected chi connectivity index (χ4v) is 3.41. The van der Waals surface area contributed by atoms with Gasteiger partial charge in [-0.2, -0.15) is 5.10 Å². The van der Waals surface area contributed by atoms with Crippen LogP contribution >= 0.6 is 11.6 Å². The second kappa shape index (κ2) is 9.66. The number of benzene rings is 3. The van der Waals surface area contributed by atoms with Gasteiger partial charge in [0.25, 0.3) is 5.91 Å². The van der Waals surface area contributed by atoms with Gasteiger partial charge in [-0.3, -0.25) is 9.48 Å². The number of amides is 1. The van der Waals surface area contributed by atoms with Crippen LogP contribution in [0.4, 0.5) is 10.2 Å². The summed E-state index contributed by atoms with van der Waals surface area (Å²) in [4.78, 5) is 12.7. The predicted octanol–water partition coefficient (Wildman–Crippen LogP) is 5.86. The molecule has 0 aliphatic rings. The normalized spacial score (nSPS) is 10.7. The van der Waals surface area contributed by atoms with Gasteiger partial charge >= 0.3 is 0 Å². The Kier molecular flexibility index (Phi) is 6.52. The fraction of sp³-hybridized carbons (Fsp3) is 0.120. The lowest BCUT2D eigenvalue weighted by atomic mass is 10.1. The van der Waals surface area contributed by atoms with E-state index in [9.17, 15) is 9.18 Å². The average molecular weight is 450 g/mol. The van der Waals surface area contributed by atoms with Gasteiger partial charge < -0.3 is 10.1 Å². The topological polar surface area (TPSA) is 56.1 Å². The van der Waals surface area contributed by atoms with Crippen LogP contribution < -0.4 is 10.1 Å². The summed E-state index contributed by atoms with van der Waals surface area (Å²) in [6, 6.07) is 22.6. The molecule has 0 atom stereocenters. The van der Waals surface area contributed by atoms with Crippen molar-refractivity contribution in [3.8, 4) is 5.75 Å². The van der Waals surface area contributed by atoms with Crippen molar-refractivity contribution < 1.29 is 13.9 Å². The highest BCUT2D eigenvalue weighted by Crippen LogP contribution is 2.19. The lowest BCUT2D eigenvalue weighted by Gasteiger charge is -2.08. The largest absolute Gasteiger partial charge is 0.489 e. The van der Waals surface area contributed by atoms with Crippen LogP contribution in [-0.2, 0) is 13.2 Å². The smallest absolute Gasteiger partial charge is 0.256 e. The first-order valence-electron chi connectivity index (χ1n) is 10.0. The molecule has 1 N–H and O–H groups in total. The monoisotopic (exact) mass is 449 g/mol. The lowest BCUT2D eigenvalue weighted by Crippen LogP contribution is -2.13. The van der Waals surface area contributed by atoms with Gasteiger partial charge in [0.1, 0.15) is 18.2 Å². The van der Waals surface area contributed by atoms with E-state index in [2.05, 4.69) is 10.4 Å². The lowest BCUT2D eigenvalue weighted by molar-refractivity contribution is 0.102. The summed E-state index contributed by atoms with van der Waals surface area (Å²) in [5.41, 5.74) is 2.67. The number of nitrogens with zero attached hydrogens (tertiary/aromatic N) is 2. The Balaban J connectivity index is 1.42. The van der Waals surface area contributed by atoms with Gasteiger partial charge in [0.15, 0.2) is 5.82 Å². The second-order valence-electron chi connectivity index (χ2n) is 7.32. The third kappa shape index (κ3) is 5.34. The molecule has 0 bridgehead atoms. The minimum absolute atomic E-state index is 0.282. The zero-order chi connectivity index (χ0) is 22.5. The zero-order valence-corrected chi connectivity index (χ0v) is 18.1. The highest BCUT2D eigenvalue weighted by molar-refractivity contribution is 6.30. The van der Waals surface area contributed by atoms with Crippen LogP contribution in [0.2, 0.25) is 5.02 Å². The number of aryl methyl sites for hydroxylation is 1. The fourth-order valence-electron chi connectivity index (χ4n) is 3.23. The van der Waals surface area contributed by atoms with Crippen molar-refractivity contribution in [2.45, 2.75) is 20.1 Å². The Morgan fingerprint density at radius 2 is 1.88 bits per heavy atom. The molecule has 32 heavy (non-hydrogen) atoms. The van der Waals surface area contributed by atoms with Crippen molar-refractivity contribution in [1.29, 1.82) is 0 Å². The van der Waals surface area contributed by atoms with Gasteiger partial charge in [0, 0.05) is 27.9 Å². The van der Waals surface area contributed by atoms with E-state index in [1.54, 1.807) is 59.3 Å². The number of carbonyl (C=O) groups is 1. The molecule has 0 spiro atoms. The average Bonchev–Trinajstić information content (AvgIpc) is 3.12. The van der Waals surface area contributed by atoms with Crippen molar-refractivity contribution in [3.63, 3.8) is 0 Å². The molecule has 0 saturated heterocycles. The molecule has 0 aliphatic heterocycles. The van der Waals surface area contributed by atoms with Gasteiger partial charge in [0.05, 0.1) is 6.54 Å². The number of halogens is 2. The van der Waals surface area contributed by atoms with Crippen molar-refractivity contribution >= 4 is 23.3 Å². The molecule has 3 aromatic carbocycles. The van der Waals surface area contributed by atoms with E-state index < -0.39 is 0 Å². The van der Waals surface area contributed by atoms with Gasteiger partial charge in [-0.25, -0.2) is 4.39 Å². The first-order valence-corrected chi connectivity index (χ1v) is 10.4. The van der Waals surface area contributed by atoms with E-state index >= 15 is 0 Å². The summed E-state index contributed by atoms with van der Waals surface area (Å²) in [5, 5.41) is 7.80. The highest BCUT2D eigenvalue weighted by atomic mass is 35.5. The summed E-state index contributed by atoms with van der Waals surface area (Å²) >= 11 is 5.98. The molecule has 0 radical (unpaired) electrons. The first-order chi connectivity index (χ1) is 15.5. The van der Waals surface area contributed by atoms with Crippen LogP contribution in [0.25, 0.3) is 0 Å². The molecule has 4 rings (SSSR count). The Labute approximate surface area is 190 Å². The standard InChI is InChI=1S/C25H21ClFN3O2/c1-17-12-24(29-30(17)15-20-7-2-3-11-23(20)27)28-25(31)19-8-4-6-18(13-19)16-32-22-10-5-9-21(26)14-22/h2-14H,15-16H2,1H3,(H,28,29,31). The summed E-state index contributed by atoms with van der Waals surface area (Å²) in [7, 11) is 0. The van der Waals surface area contributed by atoms with Crippen molar-refractivity contribution in [3.05, 3.63) is 112 Å². The molecule has 0 fully saturated rings. The first kappa shape index (κ1) is 21.6. The number of hydrogen-bond acceptors (Lipinski definition) is 3. The molecule has 5 nitrogen and oxygen atoms in total. The van der Waals surface area contributed by atoms with Gasteiger partial charge in [-0.05, 0) is 48.9 Å². The Hall–Kier alpha value is -3.64. The maximum atomic E-state index is 13.9. The maximum absolute atomic E-state index is 13.9. The Morgan fingerprint density at radius 1 is 1.06 bits per heavy atom. The molecule has 1 heterocycles. The summed E-state index contributed by atoms with van der Waals surface area (Å²) in [6.07, 6.45) is 0. The van der Waals surface area contributed by atoms with Crippen LogP contribution in [-0.4, -0.2) is 15.7 Å². The zero-order valence-electron chi connectivity index (χ0n) is 17.4. The van der Waals surface area contributed by atoms with Crippen LogP contribution in [0.5, 0.6) is 5.75 Å². The van der Waals surface area contributed by atoms with Crippen LogP contribution in [0.1, 0.15) is 27.2 Å². The Morgan fingerprint density at radius 3 is 2.69 bits per heavy atom. The summed E-state index contributed by atoms with van der Waals surface area (Å²) < 4.78 is 21.4. The quantitative estimate of drug-likeness (QED) is 0.384. The van der Waals surface area contributed by atoms with Crippen LogP contribution in [0.3, 0.4) is 0 Å². The SMILES string of the molecule is Cc1cc(NC(=O)c2cccc(COc3cccc(Cl)c3)c2)nn1Cc1ccccc1F. The van der Waals surface area contributed by atoms with Crippen LogP contribution in [0, 0.1) is 12.7 Å². The van der Waals surface area contributed by atoms with E-state index in [0.717, 1.165) is 11.3 Å². The van der Waals surface area contributed by atoms with E-state index in [4.69, 9.17) is 16.3 Å². The second-order valence-corrected chi connectivity index (χ2v) is 7.76. The Bertz CT molecular complexity index is 1260. The molecule has 0 aliphatic carbocycles. The maximum Gasteiger partial charge on any atom is 0.256 e. The van der Waals surface area contributed by atoms with Crippen molar-refractivity contribution in [2.24, 2.45) is 0 Å². The number of rotatable bonds is 7. The van der Waals surface area contributed by atoms with Crippen molar-refractivity contribution in [2.75, 3.05) is 5.32 Å².